The summed E-state index contributed by atoms with van der Waals surface area (Å²) in [6.07, 6.45) is 1.71. The van der Waals surface area contributed by atoms with Gasteiger partial charge in [0.2, 0.25) is 0 Å². The summed E-state index contributed by atoms with van der Waals surface area (Å²) in [6.45, 7) is 3.89. The van der Waals surface area contributed by atoms with Crippen molar-refractivity contribution >= 4 is 40.6 Å². The average molecular weight is 208 g/mol. The molecule has 4 heteroatoms. The van der Waals surface area contributed by atoms with Crippen molar-refractivity contribution < 1.29 is 0 Å². The molecule has 1 aromatic rings. The molecule has 0 saturated carbocycles. The molecule has 60 valence electrons. The number of rotatable bonds is 1. The van der Waals surface area contributed by atoms with Crippen LogP contribution in [0.3, 0.4) is 0 Å². The van der Waals surface area contributed by atoms with E-state index in [9.17, 15) is 0 Å². The average Bonchev–Trinajstić information content (AvgIpc) is 2.09. The van der Waals surface area contributed by atoms with Gasteiger partial charge in [0.1, 0.15) is 4.49 Å². The molecule has 0 aliphatic heterocycles. The van der Waals surface area contributed by atoms with Crippen LogP contribution in [-0.2, 0) is 0 Å². The van der Waals surface area contributed by atoms with Crippen LogP contribution in [0.4, 0.5) is 0 Å². The van der Waals surface area contributed by atoms with Gasteiger partial charge in [-0.1, -0.05) is 23.2 Å². The minimum atomic E-state index is 0.275. The maximum atomic E-state index is 5.50. The van der Waals surface area contributed by atoms with Crippen molar-refractivity contribution in [2.75, 3.05) is 0 Å². The van der Waals surface area contributed by atoms with Gasteiger partial charge in [0.05, 0.1) is 15.6 Å². The van der Waals surface area contributed by atoms with E-state index in [4.69, 9.17) is 23.2 Å². The lowest BCUT2D eigenvalue weighted by atomic mass is 10.4. The molecule has 0 saturated heterocycles. The summed E-state index contributed by atoms with van der Waals surface area (Å²) in [5, 5.41) is 1.03. The zero-order chi connectivity index (χ0) is 8.43. The van der Waals surface area contributed by atoms with Crippen molar-refractivity contribution in [3.8, 4) is 0 Å². The summed E-state index contributed by atoms with van der Waals surface area (Å²) >= 11 is 12.6. The second kappa shape index (κ2) is 3.57. The summed E-state index contributed by atoms with van der Waals surface area (Å²) in [4.78, 5) is 5.25. The summed E-state index contributed by atoms with van der Waals surface area (Å²) in [6, 6.07) is 0. The van der Waals surface area contributed by atoms with Crippen LogP contribution in [0.15, 0.2) is 4.49 Å². The van der Waals surface area contributed by atoms with Crippen LogP contribution in [0.1, 0.15) is 15.6 Å². The smallest absolute Gasteiger partial charge is 0.108 e. The Balaban J connectivity index is 3.04. The van der Waals surface area contributed by atoms with Crippen molar-refractivity contribution in [2.45, 2.75) is 13.8 Å². The van der Waals surface area contributed by atoms with Crippen LogP contribution in [-0.4, -0.2) is 4.98 Å². The molecule has 1 nitrogen and oxygen atoms in total. The molecule has 0 radical (unpaired) electrons. The highest BCUT2D eigenvalue weighted by Crippen LogP contribution is 2.22. The van der Waals surface area contributed by atoms with E-state index in [1.807, 2.05) is 13.8 Å². The van der Waals surface area contributed by atoms with E-state index in [1.165, 1.54) is 0 Å². The Bertz CT molecular complexity index is 287. The number of thiazole rings is 1. The highest BCUT2D eigenvalue weighted by molar-refractivity contribution is 7.12. The fraction of sp³-hybridized carbons (Fsp3) is 0.286. The lowest BCUT2D eigenvalue weighted by molar-refractivity contribution is 1.20. The first-order valence-corrected chi connectivity index (χ1v) is 4.63. The third-order valence-corrected chi connectivity index (χ3v) is 2.42. The van der Waals surface area contributed by atoms with Crippen molar-refractivity contribution in [2.24, 2.45) is 0 Å². The molecule has 11 heavy (non-hydrogen) atoms. The van der Waals surface area contributed by atoms with Gasteiger partial charge in [-0.15, -0.1) is 11.3 Å². The monoisotopic (exact) mass is 207 g/mol. The quantitative estimate of drug-likeness (QED) is 0.687. The van der Waals surface area contributed by atoms with Gasteiger partial charge in [-0.05, 0) is 19.9 Å². The van der Waals surface area contributed by atoms with Crippen LogP contribution >= 0.6 is 34.5 Å². The van der Waals surface area contributed by atoms with Crippen LogP contribution in [0.5, 0.6) is 0 Å². The first kappa shape index (κ1) is 9.04. The van der Waals surface area contributed by atoms with Gasteiger partial charge in [0.15, 0.2) is 0 Å². The van der Waals surface area contributed by atoms with Crippen LogP contribution in [0, 0.1) is 13.8 Å². The van der Waals surface area contributed by atoms with Crippen molar-refractivity contribution in [1.29, 1.82) is 0 Å². The zero-order valence-corrected chi connectivity index (χ0v) is 8.52. The third kappa shape index (κ3) is 2.47. The lowest BCUT2D eigenvalue weighted by Gasteiger charge is -1.85. The molecule has 0 amide bonds. The number of nitrogens with zero attached hydrogens (tertiary/aromatic N) is 1. The molecule has 0 aliphatic carbocycles. The largest absolute Gasteiger partial charge is 0.246 e. The molecule has 0 atom stereocenters. The van der Waals surface area contributed by atoms with Gasteiger partial charge in [0.25, 0.3) is 0 Å². The summed E-state index contributed by atoms with van der Waals surface area (Å²) in [7, 11) is 0. The van der Waals surface area contributed by atoms with E-state index in [0.717, 1.165) is 15.6 Å². The van der Waals surface area contributed by atoms with Crippen LogP contribution < -0.4 is 0 Å². The first-order chi connectivity index (χ1) is 5.09. The van der Waals surface area contributed by atoms with Crippen molar-refractivity contribution in [3.63, 3.8) is 0 Å². The summed E-state index contributed by atoms with van der Waals surface area (Å²) < 4.78 is 0.275. The second-order valence-corrected chi connectivity index (χ2v) is 4.36. The van der Waals surface area contributed by atoms with E-state index in [0.29, 0.717) is 0 Å². The predicted molar refractivity (Wildman–Crippen MR) is 51.3 cm³/mol. The van der Waals surface area contributed by atoms with Crippen LogP contribution in [0.25, 0.3) is 6.08 Å². The minimum absolute atomic E-state index is 0.275. The topological polar surface area (TPSA) is 12.9 Å². The fourth-order valence-corrected chi connectivity index (χ4v) is 2.00. The van der Waals surface area contributed by atoms with Crippen molar-refractivity contribution in [1.82, 2.24) is 4.98 Å². The minimum Gasteiger partial charge on any atom is -0.246 e. The Morgan fingerprint density at radius 2 is 2.09 bits per heavy atom. The molecular formula is C7H7Cl2NS. The molecule has 0 N–H and O–H groups in total. The van der Waals surface area contributed by atoms with E-state index < -0.39 is 0 Å². The molecular weight excluding hydrogens is 201 g/mol. The molecule has 1 aromatic heterocycles. The fourth-order valence-electron chi connectivity index (χ4n) is 0.780. The number of hydrogen-bond donors (Lipinski definition) is 0. The standard InChI is InChI=1S/C7H7Cl2NS/c1-4-6(3-7(8)9)11-5(2)10-4/h3H,1-2H3. The lowest BCUT2D eigenvalue weighted by Crippen LogP contribution is -1.72. The van der Waals surface area contributed by atoms with Gasteiger partial charge in [-0.25, -0.2) is 4.98 Å². The molecule has 0 spiro atoms. The summed E-state index contributed by atoms with van der Waals surface area (Å²) in [5.74, 6) is 0. The van der Waals surface area contributed by atoms with E-state index in [1.54, 1.807) is 17.4 Å². The van der Waals surface area contributed by atoms with Gasteiger partial charge in [-0.2, -0.15) is 0 Å². The number of hydrogen-bond acceptors (Lipinski definition) is 2. The van der Waals surface area contributed by atoms with E-state index in [-0.39, 0.29) is 4.49 Å². The Kier molecular flexibility index (Phi) is 2.93. The summed E-state index contributed by atoms with van der Waals surface area (Å²) in [5.41, 5.74) is 0.978. The zero-order valence-electron chi connectivity index (χ0n) is 6.19. The van der Waals surface area contributed by atoms with Crippen molar-refractivity contribution in [3.05, 3.63) is 20.1 Å². The highest BCUT2D eigenvalue weighted by atomic mass is 35.5. The maximum Gasteiger partial charge on any atom is 0.108 e. The van der Waals surface area contributed by atoms with E-state index in [2.05, 4.69) is 4.98 Å². The molecule has 1 rings (SSSR count). The second-order valence-electron chi connectivity index (χ2n) is 2.12. The Labute approximate surface area is 79.7 Å². The molecule has 0 bridgehead atoms. The van der Waals surface area contributed by atoms with Gasteiger partial charge >= 0.3 is 0 Å². The van der Waals surface area contributed by atoms with Gasteiger partial charge in [-0.3, -0.25) is 0 Å². The predicted octanol–water partition coefficient (Wildman–Crippen LogP) is 3.54. The van der Waals surface area contributed by atoms with Gasteiger partial charge in [0, 0.05) is 0 Å². The molecule has 0 fully saturated rings. The number of aryl methyl sites for hydroxylation is 2. The Hall–Kier alpha value is -0.0500. The third-order valence-electron chi connectivity index (χ3n) is 1.18. The highest BCUT2D eigenvalue weighted by Gasteiger charge is 2.01. The molecule has 1 heterocycles. The molecule has 0 aromatic carbocycles. The first-order valence-electron chi connectivity index (χ1n) is 3.06. The Morgan fingerprint density at radius 3 is 2.45 bits per heavy atom. The van der Waals surface area contributed by atoms with Gasteiger partial charge < -0.3 is 0 Å². The molecule has 0 unspecified atom stereocenters. The number of aromatic nitrogens is 1. The Morgan fingerprint density at radius 1 is 1.45 bits per heavy atom. The SMILES string of the molecule is Cc1nc(C)c(C=C(Cl)Cl)s1. The van der Waals surface area contributed by atoms with Crippen LogP contribution in [0.2, 0.25) is 0 Å². The normalized spacial score (nSPS) is 9.82. The maximum absolute atomic E-state index is 5.50. The molecule has 0 aliphatic rings. The van der Waals surface area contributed by atoms with E-state index >= 15 is 0 Å². The number of halogens is 2.